The first-order valence-electron chi connectivity index (χ1n) is 8.86. The molecule has 0 bridgehead atoms. The summed E-state index contributed by atoms with van der Waals surface area (Å²) in [4.78, 5) is 12.1. The molecule has 0 radical (unpaired) electrons. The van der Waals surface area contributed by atoms with E-state index in [2.05, 4.69) is 27.7 Å². The number of carbonyl (C=O) groups excluding carboxylic acids is 1. The van der Waals surface area contributed by atoms with Gasteiger partial charge in [-0.25, -0.2) is 0 Å². The van der Waals surface area contributed by atoms with Gasteiger partial charge in [0.2, 0.25) is 0 Å². The van der Waals surface area contributed by atoms with Crippen LogP contribution in [0.3, 0.4) is 0 Å². The Morgan fingerprint density at radius 3 is 1.50 bits per heavy atom. The topological polar surface area (TPSA) is 26.3 Å². The third-order valence-corrected chi connectivity index (χ3v) is 16.7. The van der Waals surface area contributed by atoms with Crippen molar-refractivity contribution in [3.8, 4) is 0 Å². The van der Waals surface area contributed by atoms with Gasteiger partial charge in [-0.05, 0) is 0 Å². The van der Waals surface area contributed by atoms with Gasteiger partial charge < -0.3 is 0 Å². The van der Waals surface area contributed by atoms with Crippen molar-refractivity contribution in [2.24, 2.45) is 0 Å². The molecule has 0 aliphatic rings. The first-order chi connectivity index (χ1) is 9.64. The second kappa shape index (κ2) is 13.0. The van der Waals surface area contributed by atoms with Gasteiger partial charge in [0.25, 0.3) is 0 Å². The van der Waals surface area contributed by atoms with Crippen molar-refractivity contribution in [3.05, 3.63) is 0 Å². The van der Waals surface area contributed by atoms with Crippen LogP contribution in [0.2, 0.25) is 13.3 Å². The molecule has 0 fully saturated rings. The van der Waals surface area contributed by atoms with E-state index in [0.29, 0.717) is 6.42 Å². The van der Waals surface area contributed by atoms with Crippen LogP contribution in [0.1, 0.15) is 85.5 Å². The Hall–Kier alpha value is 0.269. The van der Waals surface area contributed by atoms with E-state index in [1.165, 1.54) is 51.8 Å². The summed E-state index contributed by atoms with van der Waals surface area (Å²) in [6.07, 6.45) is 10.1. The number of carbonyl (C=O) groups is 1. The molecule has 0 aliphatic heterocycles. The molecule has 2 nitrogen and oxygen atoms in total. The van der Waals surface area contributed by atoms with Crippen molar-refractivity contribution in [2.45, 2.75) is 98.8 Å². The Bertz CT molecular complexity index is 219. The van der Waals surface area contributed by atoms with Gasteiger partial charge in [-0.15, -0.1) is 0 Å². The number of hydrogen-bond donors (Lipinski definition) is 0. The van der Waals surface area contributed by atoms with Gasteiger partial charge in [0.1, 0.15) is 0 Å². The maximum absolute atomic E-state index is 12.1. The molecule has 0 aromatic heterocycles. The van der Waals surface area contributed by atoms with E-state index in [1.807, 2.05) is 0 Å². The van der Waals surface area contributed by atoms with Crippen molar-refractivity contribution in [2.75, 3.05) is 0 Å². The third kappa shape index (κ3) is 9.25. The Balaban J connectivity index is 4.68. The van der Waals surface area contributed by atoms with Crippen LogP contribution in [-0.2, 0) is 7.87 Å². The third-order valence-electron chi connectivity index (χ3n) is 4.02. The summed E-state index contributed by atoms with van der Waals surface area (Å²) in [6.45, 7) is 8.87. The van der Waals surface area contributed by atoms with Crippen LogP contribution in [0.25, 0.3) is 0 Å². The molecular weight excluding hydrogens is 355 g/mol. The Morgan fingerprint density at radius 2 is 1.15 bits per heavy atom. The van der Waals surface area contributed by atoms with E-state index < -0.39 is 18.8 Å². The average molecular weight is 391 g/mol. The van der Waals surface area contributed by atoms with Gasteiger partial charge in [0, 0.05) is 0 Å². The van der Waals surface area contributed by atoms with Gasteiger partial charge in [0.05, 0.1) is 0 Å². The predicted octanol–water partition coefficient (Wildman–Crippen LogP) is 6.07. The molecule has 0 aliphatic carbocycles. The van der Waals surface area contributed by atoms with Crippen molar-refractivity contribution in [1.82, 2.24) is 0 Å². The zero-order chi connectivity index (χ0) is 15.3. The number of unbranched alkanes of at least 4 members (excludes halogenated alkanes) is 4. The van der Waals surface area contributed by atoms with Crippen molar-refractivity contribution >= 4 is 24.8 Å². The molecule has 0 aromatic carbocycles. The van der Waals surface area contributed by atoms with E-state index in [0.717, 1.165) is 12.8 Å². The fourth-order valence-corrected chi connectivity index (χ4v) is 15.9. The summed E-state index contributed by atoms with van der Waals surface area (Å²) in [6, 6.07) is 0. The second-order valence-corrected chi connectivity index (χ2v) is 17.7. The van der Waals surface area contributed by atoms with Crippen LogP contribution in [0, 0.1) is 0 Å². The van der Waals surface area contributed by atoms with E-state index >= 15 is 0 Å². The van der Waals surface area contributed by atoms with Crippen LogP contribution < -0.4 is 0 Å². The molecule has 120 valence electrons. The molecule has 0 saturated heterocycles. The van der Waals surface area contributed by atoms with Crippen molar-refractivity contribution < 1.29 is 7.87 Å². The summed E-state index contributed by atoms with van der Waals surface area (Å²) in [5, 5.41) is 0. The monoisotopic (exact) mass is 392 g/mol. The first kappa shape index (κ1) is 20.3. The minimum absolute atomic E-state index is 0.117. The van der Waals surface area contributed by atoms with E-state index in [4.69, 9.17) is 3.07 Å². The quantitative estimate of drug-likeness (QED) is 0.357. The van der Waals surface area contributed by atoms with Crippen LogP contribution in [0.5, 0.6) is 0 Å². The fourth-order valence-electron chi connectivity index (χ4n) is 2.64. The average Bonchev–Trinajstić information content (AvgIpc) is 2.46. The SMILES string of the molecule is CCCCC(=O)[O][Sn]([CH2]CCC)([CH2]CCC)[CH2]CCC. The normalized spacial score (nSPS) is 11.6. The fraction of sp³-hybridized carbons (Fsp3) is 0.941. The molecule has 0 aromatic rings. The van der Waals surface area contributed by atoms with Gasteiger partial charge in [-0.3, -0.25) is 0 Å². The van der Waals surface area contributed by atoms with Gasteiger partial charge in [-0.1, -0.05) is 0 Å². The zero-order valence-electron chi connectivity index (χ0n) is 14.3. The summed E-state index contributed by atoms with van der Waals surface area (Å²) < 4.78 is 9.98. The molecule has 0 heterocycles. The predicted molar refractivity (Wildman–Crippen MR) is 90.5 cm³/mol. The molecule has 0 saturated carbocycles. The second-order valence-electron chi connectivity index (χ2n) is 6.07. The van der Waals surface area contributed by atoms with E-state index in [1.54, 1.807) is 0 Å². The van der Waals surface area contributed by atoms with Crippen LogP contribution in [0.4, 0.5) is 0 Å². The summed E-state index contributed by atoms with van der Waals surface area (Å²) in [5.74, 6) is 0.117. The number of rotatable bonds is 13. The molecule has 3 heteroatoms. The molecule has 0 N–H and O–H groups in total. The molecule has 0 rings (SSSR count). The van der Waals surface area contributed by atoms with Crippen molar-refractivity contribution in [3.63, 3.8) is 0 Å². The van der Waals surface area contributed by atoms with Gasteiger partial charge >= 0.3 is 131 Å². The molecule has 0 atom stereocenters. The van der Waals surface area contributed by atoms with Crippen molar-refractivity contribution in [1.29, 1.82) is 0 Å². The van der Waals surface area contributed by atoms with Gasteiger partial charge in [0.15, 0.2) is 0 Å². The Kier molecular flexibility index (Phi) is 13.1. The van der Waals surface area contributed by atoms with E-state index in [-0.39, 0.29) is 5.97 Å². The number of hydrogen-bond acceptors (Lipinski definition) is 2. The molecule has 0 unspecified atom stereocenters. The zero-order valence-corrected chi connectivity index (χ0v) is 17.2. The minimum atomic E-state index is -2.66. The summed E-state index contributed by atoms with van der Waals surface area (Å²) in [5.41, 5.74) is 0. The molecule has 20 heavy (non-hydrogen) atoms. The molecule has 0 spiro atoms. The molecule has 0 amide bonds. The first-order valence-corrected chi connectivity index (χ1v) is 16.1. The molecular formula is C17H36O2Sn. The summed E-state index contributed by atoms with van der Waals surface area (Å²) >= 11 is -2.66. The van der Waals surface area contributed by atoms with Crippen LogP contribution in [-0.4, -0.2) is 24.8 Å². The maximum atomic E-state index is 12.1. The van der Waals surface area contributed by atoms with E-state index in [9.17, 15) is 4.79 Å². The summed E-state index contributed by atoms with van der Waals surface area (Å²) in [7, 11) is 0. The van der Waals surface area contributed by atoms with Crippen LogP contribution >= 0.6 is 0 Å². The Morgan fingerprint density at radius 1 is 0.750 bits per heavy atom. The Labute approximate surface area is 131 Å². The van der Waals surface area contributed by atoms with Gasteiger partial charge in [-0.2, -0.15) is 0 Å². The van der Waals surface area contributed by atoms with Crippen LogP contribution in [0.15, 0.2) is 0 Å². The standard InChI is InChI=1S/C5H10O2.3C4H9.Sn/c1-2-3-4-5(6)7;3*1-3-4-2;/h2-4H2,1H3,(H,6,7);3*1,3-4H2,2H3;/q;;;;+1/p-1.